The second kappa shape index (κ2) is 7.26. The summed E-state index contributed by atoms with van der Waals surface area (Å²) in [5.74, 6) is -0.526. The molecule has 0 aliphatic carbocycles. The summed E-state index contributed by atoms with van der Waals surface area (Å²) in [5, 5.41) is 2.60. The summed E-state index contributed by atoms with van der Waals surface area (Å²) in [6.07, 6.45) is -0.521. The maximum absolute atomic E-state index is 11.6. The molecule has 1 heterocycles. The predicted molar refractivity (Wildman–Crippen MR) is 78.2 cm³/mol. The second-order valence-corrected chi connectivity index (χ2v) is 5.55. The van der Waals surface area contributed by atoms with E-state index in [0.29, 0.717) is 17.0 Å². The van der Waals surface area contributed by atoms with Gasteiger partial charge in [-0.15, -0.1) is 0 Å². The molecule has 0 unspecified atom stereocenters. The number of ether oxygens (including phenoxy) is 2. The molecule has 0 fully saturated rings. The van der Waals surface area contributed by atoms with E-state index in [-0.39, 0.29) is 12.6 Å². The minimum absolute atomic E-state index is 0.208. The normalized spacial score (nSPS) is 10.9. The van der Waals surface area contributed by atoms with Gasteiger partial charge in [-0.25, -0.2) is 9.59 Å². The number of hydrogen-bond donors (Lipinski definition) is 1. The molecule has 1 rings (SSSR count). The van der Waals surface area contributed by atoms with Gasteiger partial charge in [-0.2, -0.15) is 0 Å². The maximum atomic E-state index is 11.6. The fourth-order valence-electron chi connectivity index (χ4n) is 1.53. The van der Waals surface area contributed by atoms with Crippen molar-refractivity contribution < 1.29 is 19.1 Å². The van der Waals surface area contributed by atoms with Crippen molar-refractivity contribution in [3.05, 3.63) is 29.1 Å². The number of pyridine rings is 1. The molecule has 0 saturated heterocycles. The molecule has 0 radical (unpaired) electrons. The molecule has 7 heteroatoms. The molecule has 1 aromatic heterocycles. The van der Waals surface area contributed by atoms with Gasteiger partial charge < -0.3 is 14.8 Å². The van der Waals surface area contributed by atoms with Gasteiger partial charge in [-0.1, -0.05) is 11.6 Å². The van der Waals surface area contributed by atoms with Gasteiger partial charge in [0.2, 0.25) is 0 Å². The number of carbonyl (C=O) groups excluding carboxylic acids is 2. The van der Waals surface area contributed by atoms with E-state index in [1.807, 2.05) is 0 Å². The number of alkyl carbamates (subject to hydrolysis) is 1. The number of carbonyl (C=O) groups is 2. The van der Waals surface area contributed by atoms with Gasteiger partial charge in [-0.05, 0) is 39.8 Å². The predicted octanol–water partition coefficient (Wildman–Crippen LogP) is 2.77. The summed E-state index contributed by atoms with van der Waals surface area (Å²) in [4.78, 5) is 27.3. The first-order valence-electron chi connectivity index (χ1n) is 6.39. The standard InChI is InChI=1S/C14H19ClN2O4/c1-9-11(12(18)20-8-15)6-5-10(17-9)7-16-13(19)21-14(2,3)4/h5-6H,7-8H2,1-4H3,(H,16,19). The highest BCUT2D eigenvalue weighted by Crippen LogP contribution is 2.10. The van der Waals surface area contributed by atoms with Crippen LogP contribution in [-0.2, 0) is 16.0 Å². The molecule has 1 N–H and O–H groups in total. The van der Waals surface area contributed by atoms with Gasteiger partial charge >= 0.3 is 12.1 Å². The molecule has 116 valence electrons. The summed E-state index contributed by atoms with van der Waals surface area (Å²) >= 11 is 5.34. The Bertz CT molecular complexity index is 526. The van der Waals surface area contributed by atoms with Gasteiger partial charge in [0.25, 0.3) is 0 Å². The number of alkyl halides is 1. The molecule has 0 saturated carbocycles. The zero-order valence-corrected chi connectivity index (χ0v) is 13.3. The zero-order valence-electron chi connectivity index (χ0n) is 12.5. The fourth-order valence-corrected chi connectivity index (χ4v) is 1.63. The van der Waals surface area contributed by atoms with E-state index in [0.717, 1.165) is 0 Å². The van der Waals surface area contributed by atoms with Gasteiger partial charge in [0, 0.05) is 0 Å². The molecule has 0 aliphatic heterocycles. The summed E-state index contributed by atoms with van der Waals surface area (Å²) in [5.41, 5.74) is 0.911. The van der Waals surface area contributed by atoms with Crippen molar-refractivity contribution in [3.8, 4) is 0 Å². The third kappa shape index (κ3) is 5.99. The number of rotatable bonds is 4. The highest BCUT2D eigenvalue weighted by atomic mass is 35.5. The molecule has 0 spiro atoms. The zero-order chi connectivity index (χ0) is 16.0. The Kier molecular flexibility index (Phi) is 5.96. The lowest BCUT2D eigenvalue weighted by Gasteiger charge is -2.19. The van der Waals surface area contributed by atoms with Crippen molar-refractivity contribution in [1.29, 1.82) is 0 Å². The van der Waals surface area contributed by atoms with Crippen LogP contribution in [0.3, 0.4) is 0 Å². The number of hydrogen-bond acceptors (Lipinski definition) is 5. The van der Waals surface area contributed by atoms with Crippen molar-refractivity contribution in [2.45, 2.75) is 39.8 Å². The fraction of sp³-hybridized carbons (Fsp3) is 0.500. The highest BCUT2D eigenvalue weighted by molar-refractivity contribution is 6.17. The first-order valence-corrected chi connectivity index (χ1v) is 6.93. The quantitative estimate of drug-likeness (QED) is 0.683. The molecule has 6 nitrogen and oxygen atoms in total. The molecule has 1 aromatic rings. The molecular weight excluding hydrogens is 296 g/mol. The lowest BCUT2D eigenvalue weighted by Crippen LogP contribution is -2.32. The molecule has 0 atom stereocenters. The smallest absolute Gasteiger partial charge is 0.407 e. The molecule has 0 aliphatic rings. The lowest BCUT2D eigenvalue weighted by molar-refractivity contribution is 0.0520. The van der Waals surface area contributed by atoms with Gasteiger partial charge in [0.15, 0.2) is 6.07 Å². The number of amides is 1. The largest absolute Gasteiger partial charge is 0.446 e. The monoisotopic (exact) mass is 314 g/mol. The number of nitrogens with one attached hydrogen (secondary N) is 1. The molecule has 21 heavy (non-hydrogen) atoms. The minimum Gasteiger partial charge on any atom is -0.446 e. The van der Waals surface area contributed by atoms with Crippen LogP contribution in [0.2, 0.25) is 0 Å². The van der Waals surface area contributed by atoms with Crippen LogP contribution in [0.1, 0.15) is 42.5 Å². The molecule has 1 amide bonds. The van der Waals surface area contributed by atoms with Crippen molar-refractivity contribution >= 4 is 23.7 Å². The van der Waals surface area contributed by atoms with Crippen LogP contribution < -0.4 is 5.32 Å². The van der Waals surface area contributed by atoms with Crippen molar-refractivity contribution in [1.82, 2.24) is 10.3 Å². The minimum atomic E-state index is -0.553. The third-order valence-corrected chi connectivity index (χ3v) is 2.47. The van der Waals surface area contributed by atoms with E-state index < -0.39 is 17.7 Å². The van der Waals surface area contributed by atoms with Gasteiger partial charge in [-0.3, -0.25) is 4.98 Å². The summed E-state index contributed by atoms with van der Waals surface area (Å²) in [6, 6.07) is 3.01. The Labute approximate surface area is 128 Å². The lowest BCUT2D eigenvalue weighted by atomic mass is 10.2. The SMILES string of the molecule is Cc1nc(CNC(=O)OC(C)(C)C)ccc1C(=O)OCCl. The van der Waals surface area contributed by atoms with Crippen molar-refractivity contribution in [2.75, 3.05) is 6.07 Å². The number of aryl methyl sites for hydroxylation is 1. The Morgan fingerprint density at radius 1 is 1.33 bits per heavy atom. The van der Waals surface area contributed by atoms with Crippen LogP contribution in [0.15, 0.2) is 12.1 Å². The van der Waals surface area contributed by atoms with Crippen LogP contribution in [0, 0.1) is 6.92 Å². The van der Waals surface area contributed by atoms with E-state index in [9.17, 15) is 9.59 Å². The molecule has 0 bridgehead atoms. The Morgan fingerprint density at radius 3 is 2.52 bits per heavy atom. The maximum Gasteiger partial charge on any atom is 0.407 e. The average Bonchev–Trinajstić information content (AvgIpc) is 2.34. The van der Waals surface area contributed by atoms with Crippen LogP contribution in [0.4, 0.5) is 4.79 Å². The summed E-state index contributed by atoms with van der Waals surface area (Å²) in [7, 11) is 0. The van der Waals surface area contributed by atoms with Gasteiger partial charge in [0.05, 0.1) is 23.5 Å². The Hall–Kier alpha value is -1.82. The summed E-state index contributed by atoms with van der Waals surface area (Å²) < 4.78 is 9.82. The van der Waals surface area contributed by atoms with Crippen LogP contribution in [0.25, 0.3) is 0 Å². The topological polar surface area (TPSA) is 77.5 Å². The Morgan fingerprint density at radius 2 is 2.00 bits per heavy atom. The van der Waals surface area contributed by atoms with E-state index in [1.165, 1.54) is 0 Å². The highest BCUT2D eigenvalue weighted by Gasteiger charge is 2.16. The van der Waals surface area contributed by atoms with Crippen molar-refractivity contribution in [3.63, 3.8) is 0 Å². The number of nitrogens with zero attached hydrogens (tertiary/aromatic N) is 1. The van der Waals surface area contributed by atoms with Crippen LogP contribution >= 0.6 is 11.6 Å². The van der Waals surface area contributed by atoms with Crippen LogP contribution in [-0.4, -0.2) is 28.7 Å². The molecule has 0 aromatic carbocycles. The number of halogens is 1. The van der Waals surface area contributed by atoms with E-state index in [2.05, 4.69) is 10.3 Å². The van der Waals surface area contributed by atoms with E-state index in [1.54, 1.807) is 39.8 Å². The van der Waals surface area contributed by atoms with Gasteiger partial charge in [0.1, 0.15) is 5.60 Å². The number of esters is 1. The molecular formula is C14H19ClN2O4. The first kappa shape index (κ1) is 17.2. The van der Waals surface area contributed by atoms with Crippen molar-refractivity contribution in [2.24, 2.45) is 0 Å². The second-order valence-electron chi connectivity index (χ2n) is 5.33. The first-order chi connectivity index (χ1) is 9.73. The summed E-state index contributed by atoms with van der Waals surface area (Å²) in [6.45, 7) is 7.24. The Balaban J connectivity index is 2.64. The van der Waals surface area contributed by atoms with Crippen LogP contribution in [0.5, 0.6) is 0 Å². The third-order valence-electron chi connectivity index (χ3n) is 2.36. The number of aromatic nitrogens is 1. The average molecular weight is 315 g/mol. The van der Waals surface area contributed by atoms with E-state index in [4.69, 9.17) is 21.1 Å². The van der Waals surface area contributed by atoms with E-state index >= 15 is 0 Å².